The molecule has 0 unspecified atom stereocenters. The van der Waals surface area contributed by atoms with Gasteiger partial charge in [0.05, 0.1) is 11.9 Å². The van der Waals surface area contributed by atoms with E-state index >= 15 is 0 Å². The maximum Gasteiger partial charge on any atom is 0.333 e. The topological polar surface area (TPSA) is 43.4 Å². The van der Waals surface area contributed by atoms with Gasteiger partial charge < -0.3 is 9.53 Å². The molecule has 0 N–H and O–H groups in total. The lowest BCUT2D eigenvalue weighted by Crippen LogP contribution is -2.25. The molecule has 0 aromatic rings. The Hall–Kier alpha value is -0.770. The summed E-state index contributed by atoms with van der Waals surface area (Å²) in [5.41, 5.74) is 0.383. The first-order valence-electron chi connectivity index (χ1n) is 4.50. The normalized spacial score (nSPS) is 25.8. The van der Waals surface area contributed by atoms with Crippen LogP contribution in [0.25, 0.3) is 0 Å². The predicted molar refractivity (Wildman–Crippen MR) is 56.3 cm³/mol. The summed E-state index contributed by atoms with van der Waals surface area (Å²) in [7, 11) is 1.32. The lowest BCUT2D eigenvalue weighted by Gasteiger charge is -2.20. The van der Waals surface area contributed by atoms with Crippen LogP contribution >= 0.6 is 11.8 Å². The van der Waals surface area contributed by atoms with Crippen LogP contribution in [-0.4, -0.2) is 29.9 Å². The van der Waals surface area contributed by atoms with Gasteiger partial charge in [-0.1, -0.05) is 6.58 Å². The fourth-order valence-corrected chi connectivity index (χ4v) is 2.90. The average Bonchev–Trinajstić information content (AvgIpc) is 2.65. The molecular formula is C10H14O3S. The van der Waals surface area contributed by atoms with E-state index in [4.69, 9.17) is 0 Å². The van der Waals surface area contributed by atoms with Crippen LogP contribution in [0.3, 0.4) is 0 Å². The zero-order valence-electron chi connectivity index (χ0n) is 8.25. The van der Waals surface area contributed by atoms with Crippen molar-refractivity contribution in [3.63, 3.8) is 0 Å². The zero-order valence-corrected chi connectivity index (χ0v) is 9.06. The molecule has 0 aliphatic carbocycles. The van der Waals surface area contributed by atoms with Gasteiger partial charge in [0.2, 0.25) is 0 Å². The molecule has 0 amide bonds. The van der Waals surface area contributed by atoms with Crippen molar-refractivity contribution < 1.29 is 14.3 Å². The highest BCUT2D eigenvalue weighted by Crippen LogP contribution is 2.40. The zero-order chi connectivity index (χ0) is 10.6. The Morgan fingerprint density at radius 1 is 1.71 bits per heavy atom. The molecular weight excluding hydrogens is 200 g/mol. The molecule has 4 heteroatoms. The highest BCUT2D eigenvalue weighted by Gasteiger charge is 2.36. The second-order valence-corrected chi connectivity index (χ2v) is 4.92. The number of thioether (sulfide) groups is 1. The summed E-state index contributed by atoms with van der Waals surface area (Å²) in [4.78, 5) is 22.1. The molecule has 14 heavy (non-hydrogen) atoms. The second kappa shape index (κ2) is 4.64. The van der Waals surface area contributed by atoms with Gasteiger partial charge >= 0.3 is 5.97 Å². The first-order valence-corrected chi connectivity index (χ1v) is 5.48. The first kappa shape index (κ1) is 11.3. The Morgan fingerprint density at radius 3 is 2.86 bits per heavy atom. The lowest BCUT2D eigenvalue weighted by atomic mass is 9.96. The third-order valence-electron chi connectivity index (χ3n) is 2.34. The molecule has 0 aromatic carbocycles. The Balaban J connectivity index is 2.61. The van der Waals surface area contributed by atoms with E-state index in [0.29, 0.717) is 12.0 Å². The fourth-order valence-electron chi connectivity index (χ4n) is 1.57. The maximum absolute atomic E-state index is 11.1. The molecule has 0 aromatic heterocycles. The van der Waals surface area contributed by atoms with Crippen LogP contribution in [0, 0.1) is 0 Å². The number of carbonyl (C=O) groups excluding carboxylic acids is 2. The van der Waals surface area contributed by atoms with Gasteiger partial charge in [0.1, 0.15) is 6.29 Å². The molecule has 0 bridgehead atoms. The Kier molecular flexibility index (Phi) is 3.75. The van der Waals surface area contributed by atoms with Crippen molar-refractivity contribution in [3.8, 4) is 0 Å². The first-order chi connectivity index (χ1) is 6.63. The van der Waals surface area contributed by atoms with Gasteiger partial charge in [-0.25, -0.2) is 4.79 Å². The van der Waals surface area contributed by atoms with E-state index in [1.165, 1.54) is 7.11 Å². The molecule has 3 nitrogen and oxygen atoms in total. The number of hydrogen-bond donors (Lipinski definition) is 0. The van der Waals surface area contributed by atoms with Crippen LogP contribution in [0.15, 0.2) is 12.2 Å². The van der Waals surface area contributed by atoms with E-state index in [-0.39, 0.29) is 0 Å². The molecule has 0 saturated carbocycles. The average molecular weight is 214 g/mol. The quantitative estimate of drug-likeness (QED) is 0.405. The van der Waals surface area contributed by atoms with Crippen LogP contribution < -0.4 is 0 Å². The van der Waals surface area contributed by atoms with Gasteiger partial charge in [0.25, 0.3) is 0 Å². The molecule has 1 atom stereocenters. The van der Waals surface area contributed by atoms with E-state index in [1.54, 1.807) is 11.8 Å². The van der Waals surface area contributed by atoms with Crippen LogP contribution in [0.5, 0.6) is 0 Å². The summed E-state index contributed by atoms with van der Waals surface area (Å²) < 4.78 is 4.12. The number of carbonyl (C=O) groups is 2. The van der Waals surface area contributed by atoms with Crippen molar-refractivity contribution in [1.82, 2.24) is 0 Å². The number of hydrogen-bond acceptors (Lipinski definition) is 4. The molecule has 1 saturated heterocycles. The standard InChI is InChI=1S/C10H14O3S/c1-8(9(12)13-2)6-10(7-11)4-3-5-14-10/h7H,1,3-6H2,2H3/t10-/m1/s1. The van der Waals surface area contributed by atoms with Crippen molar-refractivity contribution in [2.24, 2.45) is 0 Å². The minimum Gasteiger partial charge on any atom is -0.466 e. The van der Waals surface area contributed by atoms with Crippen molar-refractivity contribution in [2.75, 3.05) is 12.9 Å². The number of esters is 1. The molecule has 1 aliphatic heterocycles. The highest BCUT2D eigenvalue weighted by molar-refractivity contribution is 8.01. The number of rotatable bonds is 4. The Morgan fingerprint density at radius 2 is 2.43 bits per heavy atom. The largest absolute Gasteiger partial charge is 0.466 e. The smallest absolute Gasteiger partial charge is 0.333 e. The SMILES string of the molecule is C=C(C[C@@]1(C=O)CCCS1)C(=O)OC. The fraction of sp³-hybridized carbons (Fsp3) is 0.600. The summed E-state index contributed by atoms with van der Waals surface area (Å²) in [6.45, 7) is 3.64. The van der Waals surface area contributed by atoms with Crippen molar-refractivity contribution in [1.29, 1.82) is 0 Å². The summed E-state index contributed by atoms with van der Waals surface area (Å²) in [5.74, 6) is 0.562. The third-order valence-corrected chi connectivity index (χ3v) is 3.85. The molecule has 1 heterocycles. The monoisotopic (exact) mass is 214 g/mol. The van der Waals surface area contributed by atoms with Gasteiger partial charge in [0, 0.05) is 12.0 Å². The highest BCUT2D eigenvalue weighted by atomic mass is 32.2. The van der Waals surface area contributed by atoms with Gasteiger partial charge in [-0.05, 0) is 18.6 Å². The molecule has 1 rings (SSSR count). The van der Waals surface area contributed by atoms with Crippen molar-refractivity contribution in [2.45, 2.75) is 24.0 Å². The Labute approximate surface area is 87.9 Å². The van der Waals surface area contributed by atoms with Crippen LogP contribution in [-0.2, 0) is 14.3 Å². The van der Waals surface area contributed by atoms with E-state index in [1.807, 2.05) is 0 Å². The number of methoxy groups -OCH3 is 1. The van der Waals surface area contributed by atoms with E-state index < -0.39 is 10.7 Å². The van der Waals surface area contributed by atoms with Crippen molar-refractivity contribution >= 4 is 24.0 Å². The van der Waals surface area contributed by atoms with Gasteiger partial charge in [-0.15, -0.1) is 11.8 Å². The number of aldehydes is 1. The second-order valence-electron chi connectivity index (χ2n) is 3.41. The van der Waals surface area contributed by atoms with E-state index in [0.717, 1.165) is 24.9 Å². The summed E-state index contributed by atoms with van der Waals surface area (Å²) >= 11 is 1.61. The summed E-state index contributed by atoms with van der Waals surface area (Å²) in [5, 5.41) is 0. The maximum atomic E-state index is 11.1. The van der Waals surface area contributed by atoms with Crippen LogP contribution in [0.4, 0.5) is 0 Å². The lowest BCUT2D eigenvalue weighted by molar-refractivity contribution is -0.136. The van der Waals surface area contributed by atoms with Gasteiger partial charge in [-0.2, -0.15) is 0 Å². The van der Waals surface area contributed by atoms with Crippen molar-refractivity contribution in [3.05, 3.63) is 12.2 Å². The van der Waals surface area contributed by atoms with E-state index in [9.17, 15) is 9.59 Å². The third kappa shape index (κ3) is 2.38. The number of ether oxygens (including phenoxy) is 1. The van der Waals surface area contributed by atoms with Gasteiger partial charge in [0.15, 0.2) is 0 Å². The molecule has 1 aliphatic rings. The summed E-state index contributed by atoms with van der Waals surface area (Å²) in [6.07, 6.45) is 3.21. The molecule has 1 fully saturated rings. The minimum atomic E-state index is -0.425. The molecule has 0 spiro atoms. The molecule has 0 radical (unpaired) electrons. The van der Waals surface area contributed by atoms with E-state index in [2.05, 4.69) is 11.3 Å². The molecule has 78 valence electrons. The Bertz CT molecular complexity index is 254. The van der Waals surface area contributed by atoms with Crippen LogP contribution in [0.1, 0.15) is 19.3 Å². The van der Waals surface area contributed by atoms with Gasteiger partial charge in [-0.3, -0.25) is 0 Å². The summed E-state index contributed by atoms with van der Waals surface area (Å²) in [6, 6.07) is 0. The predicted octanol–water partition coefficient (Wildman–Crippen LogP) is 1.57. The van der Waals surface area contributed by atoms with Crippen LogP contribution in [0.2, 0.25) is 0 Å². The minimum absolute atomic E-state index is 0.383.